The van der Waals surface area contributed by atoms with Gasteiger partial charge in [-0.25, -0.2) is 4.99 Å². The quantitative estimate of drug-likeness (QED) is 0.582. The van der Waals surface area contributed by atoms with E-state index >= 15 is 0 Å². The molecule has 0 aromatic heterocycles. The van der Waals surface area contributed by atoms with Crippen LogP contribution < -0.4 is 0 Å². The Morgan fingerprint density at radius 3 is 2.56 bits per heavy atom. The lowest BCUT2D eigenvalue weighted by Crippen LogP contribution is -2.42. The fourth-order valence-corrected chi connectivity index (χ4v) is 4.24. The van der Waals surface area contributed by atoms with E-state index in [1.807, 2.05) is 14.0 Å². The Morgan fingerprint density at radius 2 is 2.00 bits per heavy atom. The standard InChI is InChI=1S/C18H27N3O3S/c1-11-12(2)15(21(22)23)9-8-14(11)19-17-20(7)16(10-25-17)13(3)24-18(4,5)6/h8-9,13,16H,10H2,1-7H3/t13-,16-/m1/s1. The molecule has 25 heavy (non-hydrogen) atoms. The van der Waals surface area contributed by atoms with Crippen LogP contribution in [0.15, 0.2) is 17.1 Å². The average molecular weight is 365 g/mol. The first-order valence-corrected chi connectivity index (χ1v) is 9.36. The molecule has 2 rings (SSSR count). The number of nitro benzene ring substituents is 1. The fourth-order valence-electron chi connectivity index (χ4n) is 2.93. The van der Waals surface area contributed by atoms with E-state index < -0.39 is 0 Å². The third-order valence-corrected chi connectivity index (χ3v) is 5.55. The summed E-state index contributed by atoms with van der Waals surface area (Å²) in [6.45, 7) is 11.9. The summed E-state index contributed by atoms with van der Waals surface area (Å²) in [5.74, 6) is 0.914. The van der Waals surface area contributed by atoms with Crippen LogP contribution in [0.4, 0.5) is 11.4 Å². The molecule has 1 aliphatic rings. The summed E-state index contributed by atoms with van der Waals surface area (Å²) in [6.07, 6.45) is 0.0879. The lowest BCUT2D eigenvalue weighted by atomic mass is 10.1. The van der Waals surface area contributed by atoms with E-state index in [0.717, 1.165) is 22.2 Å². The first-order valence-electron chi connectivity index (χ1n) is 8.38. The summed E-state index contributed by atoms with van der Waals surface area (Å²) in [5.41, 5.74) is 2.25. The molecular weight excluding hydrogens is 338 g/mol. The minimum atomic E-state index is -0.350. The molecule has 7 heteroatoms. The SMILES string of the molecule is Cc1c(N=C2SC[C@H]([C@@H](C)OC(C)(C)C)N2C)ccc([N+](=O)[O-])c1C. The second kappa shape index (κ2) is 7.33. The number of hydrogen-bond donors (Lipinski definition) is 0. The van der Waals surface area contributed by atoms with Crippen molar-refractivity contribution in [2.75, 3.05) is 12.8 Å². The van der Waals surface area contributed by atoms with E-state index in [-0.39, 0.29) is 28.4 Å². The van der Waals surface area contributed by atoms with Gasteiger partial charge in [-0.3, -0.25) is 10.1 Å². The van der Waals surface area contributed by atoms with Crippen molar-refractivity contribution in [2.45, 2.75) is 59.3 Å². The van der Waals surface area contributed by atoms with Crippen molar-refractivity contribution in [3.63, 3.8) is 0 Å². The molecule has 1 fully saturated rings. The van der Waals surface area contributed by atoms with Gasteiger partial charge in [0.15, 0.2) is 5.17 Å². The molecule has 0 bridgehead atoms. The molecule has 0 radical (unpaired) electrons. The van der Waals surface area contributed by atoms with Crippen LogP contribution in [0.3, 0.4) is 0 Å². The zero-order valence-electron chi connectivity index (χ0n) is 16.0. The summed E-state index contributed by atoms with van der Waals surface area (Å²) in [4.78, 5) is 17.6. The Kier molecular flexibility index (Phi) is 5.79. The highest BCUT2D eigenvalue weighted by atomic mass is 32.2. The maximum Gasteiger partial charge on any atom is 0.272 e. The number of amidine groups is 1. The molecule has 0 spiro atoms. The van der Waals surface area contributed by atoms with E-state index in [2.05, 4.69) is 32.6 Å². The molecule has 0 unspecified atom stereocenters. The van der Waals surface area contributed by atoms with Crippen LogP contribution in [0, 0.1) is 24.0 Å². The van der Waals surface area contributed by atoms with Gasteiger partial charge in [0.1, 0.15) is 0 Å². The van der Waals surface area contributed by atoms with Crippen molar-refractivity contribution in [3.8, 4) is 0 Å². The second-order valence-corrected chi connectivity index (χ2v) is 8.42. The molecule has 6 nitrogen and oxygen atoms in total. The summed E-state index contributed by atoms with van der Waals surface area (Å²) < 4.78 is 6.09. The summed E-state index contributed by atoms with van der Waals surface area (Å²) in [6, 6.07) is 3.51. The van der Waals surface area contributed by atoms with E-state index in [4.69, 9.17) is 9.73 Å². The highest BCUT2D eigenvalue weighted by Crippen LogP contribution is 2.33. The summed E-state index contributed by atoms with van der Waals surface area (Å²) in [5, 5.41) is 12.0. The van der Waals surface area contributed by atoms with Gasteiger partial charge < -0.3 is 9.64 Å². The van der Waals surface area contributed by atoms with Gasteiger partial charge in [0, 0.05) is 24.4 Å². The fraction of sp³-hybridized carbons (Fsp3) is 0.611. The number of hydrogen-bond acceptors (Lipinski definition) is 5. The number of rotatable bonds is 4. The van der Waals surface area contributed by atoms with Crippen molar-refractivity contribution in [2.24, 2.45) is 4.99 Å². The Hall–Kier alpha value is -1.60. The average Bonchev–Trinajstić information content (AvgIpc) is 2.83. The lowest BCUT2D eigenvalue weighted by Gasteiger charge is -2.32. The predicted octanol–water partition coefficient (Wildman–Crippen LogP) is 4.45. The number of thioether (sulfide) groups is 1. The molecule has 1 aromatic carbocycles. The Bertz CT molecular complexity index is 698. The maximum absolute atomic E-state index is 11.1. The molecule has 1 heterocycles. The number of benzene rings is 1. The highest BCUT2D eigenvalue weighted by molar-refractivity contribution is 8.14. The molecule has 138 valence electrons. The Balaban J connectivity index is 2.23. The molecule has 0 saturated carbocycles. The summed E-state index contributed by atoms with van der Waals surface area (Å²) in [7, 11) is 2.03. The third kappa shape index (κ3) is 4.52. The van der Waals surface area contributed by atoms with Crippen LogP contribution in [-0.2, 0) is 4.74 Å². The normalized spacial score (nSPS) is 21.0. The largest absolute Gasteiger partial charge is 0.371 e. The van der Waals surface area contributed by atoms with Gasteiger partial charge in [-0.05, 0) is 53.2 Å². The number of nitrogens with zero attached hydrogens (tertiary/aromatic N) is 3. The molecule has 0 N–H and O–H groups in total. The minimum absolute atomic E-state index is 0.0879. The molecule has 1 aromatic rings. The van der Waals surface area contributed by atoms with Gasteiger partial charge in [-0.2, -0.15) is 0 Å². The third-order valence-electron chi connectivity index (χ3n) is 4.41. The van der Waals surface area contributed by atoms with Crippen molar-refractivity contribution >= 4 is 28.3 Å². The van der Waals surface area contributed by atoms with Crippen molar-refractivity contribution < 1.29 is 9.66 Å². The summed E-state index contributed by atoms with van der Waals surface area (Å²) >= 11 is 1.69. The molecule has 0 aliphatic carbocycles. The van der Waals surface area contributed by atoms with E-state index in [0.29, 0.717) is 5.56 Å². The van der Waals surface area contributed by atoms with Gasteiger partial charge >= 0.3 is 0 Å². The molecular formula is C18H27N3O3S. The van der Waals surface area contributed by atoms with E-state index in [1.165, 1.54) is 6.07 Å². The van der Waals surface area contributed by atoms with Crippen LogP contribution in [0.1, 0.15) is 38.8 Å². The van der Waals surface area contributed by atoms with Gasteiger partial charge in [-0.1, -0.05) is 11.8 Å². The Morgan fingerprint density at radius 1 is 1.36 bits per heavy atom. The van der Waals surface area contributed by atoms with Crippen LogP contribution in [0.2, 0.25) is 0 Å². The van der Waals surface area contributed by atoms with Crippen LogP contribution in [0.25, 0.3) is 0 Å². The maximum atomic E-state index is 11.1. The predicted molar refractivity (Wildman–Crippen MR) is 104 cm³/mol. The smallest absolute Gasteiger partial charge is 0.272 e. The monoisotopic (exact) mass is 365 g/mol. The molecule has 2 atom stereocenters. The minimum Gasteiger partial charge on any atom is -0.371 e. The highest BCUT2D eigenvalue weighted by Gasteiger charge is 2.34. The van der Waals surface area contributed by atoms with Gasteiger partial charge in [-0.15, -0.1) is 0 Å². The first-order chi connectivity index (χ1) is 11.5. The van der Waals surface area contributed by atoms with Crippen molar-refractivity contribution in [1.29, 1.82) is 0 Å². The van der Waals surface area contributed by atoms with Gasteiger partial charge in [0.05, 0.1) is 28.4 Å². The van der Waals surface area contributed by atoms with Crippen LogP contribution in [-0.4, -0.2) is 45.5 Å². The number of likely N-dealkylation sites (N-methyl/N-ethyl adjacent to an activating group) is 1. The van der Waals surface area contributed by atoms with E-state index in [1.54, 1.807) is 24.8 Å². The first kappa shape index (κ1) is 19.7. The number of nitro groups is 1. The molecule has 0 amide bonds. The second-order valence-electron chi connectivity index (χ2n) is 7.43. The zero-order valence-corrected chi connectivity index (χ0v) is 16.8. The van der Waals surface area contributed by atoms with E-state index in [9.17, 15) is 10.1 Å². The van der Waals surface area contributed by atoms with Crippen LogP contribution >= 0.6 is 11.8 Å². The van der Waals surface area contributed by atoms with Crippen LogP contribution in [0.5, 0.6) is 0 Å². The van der Waals surface area contributed by atoms with Crippen molar-refractivity contribution in [3.05, 3.63) is 33.4 Å². The Labute approximate surface area is 153 Å². The lowest BCUT2D eigenvalue weighted by molar-refractivity contribution is -0.385. The molecule has 1 aliphatic heterocycles. The molecule has 1 saturated heterocycles. The number of aliphatic imine (C=N–C) groups is 1. The van der Waals surface area contributed by atoms with Crippen molar-refractivity contribution in [1.82, 2.24) is 4.90 Å². The van der Waals surface area contributed by atoms with Gasteiger partial charge in [0.2, 0.25) is 0 Å². The zero-order chi connectivity index (χ0) is 18.9. The van der Waals surface area contributed by atoms with Gasteiger partial charge in [0.25, 0.3) is 5.69 Å². The topological polar surface area (TPSA) is 68.0 Å². The number of ether oxygens (including phenoxy) is 1.